The fourth-order valence-electron chi connectivity index (χ4n) is 2.56. The van der Waals surface area contributed by atoms with Crippen LogP contribution in [-0.4, -0.2) is 15.6 Å². The van der Waals surface area contributed by atoms with Crippen LogP contribution in [-0.2, 0) is 13.0 Å². The number of carboxylic acid groups (broad SMARTS) is 1. The number of aromatic carboxylic acids is 1. The Kier molecular flexibility index (Phi) is 2.71. The van der Waals surface area contributed by atoms with E-state index >= 15 is 0 Å². The van der Waals surface area contributed by atoms with Crippen molar-refractivity contribution in [1.82, 2.24) is 4.57 Å². The number of aromatic nitrogens is 1. The molecule has 0 amide bonds. The Morgan fingerprint density at radius 2 is 2.05 bits per heavy atom. The molecule has 0 aliphatic heterocycles. The Bertz CT molecular complexity index is 703. The van der Waals surface area contributed by atoms with Crippen molar-refractivity contribution in [2.75, 3.05) is 0 Å². The summed E-state index contributed by atoms with van der Waals surface area (Å²) in [5.74, 6) is -0.708. The van der Waals surface area contributed by atoms with Gasteiger partial charge in [0.25, 0.3) is 5.56 Å². The molecule has 1 heterocycles. The lowest BCUT2D eigenvalue weighted by Crippen LogP contribution is -2.28. The number of fused-ring (bicyclic) bond motifs is 1. The maximum atomic E-state index is 11.8. The highest BCUT2D eigenvalue weighted by Crippen LogP contribution is 2.35. The van der Waals surface area contributed by atoms with E-state index in [2.05, 4.69) is 12.1 Å². The van der Waals surface area contributed by atoms with Crippen molar-refractivity contribution < 1.29 is 9.90 Å². The van der Waals surface area contributed by atoms with Gasteiger partial charge in [0.05, 0.1) is 5.56 Å². The molecule has 19 heavy (non-hydrogen) atoms. The summed E-state index contributed by atoms with van der Waals surface area (Å²) >= 11 is 0. The minimum absolute atomic E-state index is 0.146. The average molecular weight is 255 g/mol. The van der Waals surface area contributed by atoms with E-state index in [0.717, 1.165) is 6.42 Å². The highest BCUT2D eigenvalue weighted by molar-refractivity contribution is 5.87. The van der Waals surface area contributed by atoms with Gasteiger partial charge in [-0.05, 0) is 23.6 Å². The van der Waals surface area contributed by atoms with E-state index in [0.29, 0.717) is 12.5 Å². The van der Waals surface area contributed by atoms with Gasteiger partial charge in [-0.3, -0.25) is 4.79 Å². The number of nitrogens with zero attached hydrogens (tertiary/aromatic N) is 1. The minimum Gasteiger partial charge on any atom is -0.478 e. The molecule has 0 saturated heterocycles. The smallest absolute Gasteiger partial charge is 0.337 e. The van der Waals surface area contributed by atoms with Crippen LogP contribution in [0.25, 0.3) is 0 Å². The molecular formula is C15H13NO3. The molecule has 1 unspecified atom stereocenters. The highest BCUT2D eigenvalue weighted by atomic mass is 16.4. The second kappa shape index (κ2) is 4.39. The van der Waals surface area contributed by atoms with Gasteiger partial charge in [0.15, 0.2) is 0 Å². The summed E-state index contributed by atoms with van der Waals surface area (Å²) in [5.41, 5.74) is 2.56. The lowest BCUT2D eigenvalue weighted by atomic mass is 9.77. The van der Waals surface area contributed by atoms with E-state index in [4.69, 9.17) is 5.11 Å². The number of hydrogen-bond acceptors (Lipinski definition) is 2. The van der Waals surface area contributed by atoms with Gasteiger partial charge in [-0.15, -0.1) is 0 Å². The van der Waals surface area contributed by atoms with E-state index in [9.17, 15) is 9.59 Å². The highest BCUT2D eigenvalue weighted by Gasteiger charge is 2.25. The molecule has 0 spiro atoms. The van der Waals surface area contributed by atoms with Crippen LogP contribution < -0.4 is 5.56 Å². The molecule has 1 aromatic carbocycles. The third-order valence-electron chi connectivity index (χ3n) is 3.61. The van der Waals surface area contributed by atoms with Crippen LogP contribution in [0.1, 0.15) is 27.4 Å². The Labute approximate surface area is 109 Å². The molecule has 4 nitrogen and oxygen atoms in total. The molecule has 0 fully saturated rings. The number of rotatable bonds is 3. The lowest BCUT2D eigenvalue weighted by molar-refractivity contribution is 0.0695. The van der Waals surface area contributed by atoms with Gasteiger partial charge in [0.2, 0.25) is 0 Å². The molecule has 0 saturated carbocycles. The average Bonchev–Trinajstić information content (AvgIpc) is 2.37. The van der Waals surface area contributed by atoms with Crippen molar-refractivity contribution in [2.24, 2.45) is 0 Å². The first-order chi connectivity index (χ1) is 9.15. The molecule has 2 aromatic rings. The topological polar surface area (TPSA) is 59.3 Å². The summed E-state index contributed by atoms with van der Waals surface area (Å²) in [6.07, 6.45) is 2.37. The fourth-order valence-corrected chi connectivity index (χ4v) is 2.56. The van der Waals surface area contributed by atoms with Crippen molar-refractivity contribution in [1.29, 1.82) is 0 Å². The van der Waals surface area contributed by atoms with Gasteiger partial charge < -0.3 is 9.67 Å². The van der Waals surface area contributed by atoms with E-state index in [1.807, 2.05) is 12.1 Å². The van der Waals surface area contributed by atoms with Crippen LogP contribution in [0.4, 0.5) is 0 Å². The number of pyridine rings is 1. The first kappa shape index (κ1) is 11.7. The van der Waals surface area contributed by atoms with E-state index in [-0.39, 0.29) is 11.1 Å². The third-order valence-corrected chi connectivity index (χ3v) is 3.61. The second-order valence-electron chi connectivity index (χ2n) is 4.81. The standard InChI is InChI=1S/C15H13NO3/c17-14-6-5-11(15(18)19)8-16(14)9-12-7-10-3-1-2-4-13(10)12/h1-6,8,12H,7,9H2,(H,18,19). The summed E-state index contributed by atoms with van der Waals surface area (Å²) in [4.78, 5) is 22.7. The van der Waals surface area contributed by atoms with Crippen molar-refractivity contribution in [3.8, 4) is 0 Å². The van der Waals surface area contributed by atoms with Gasteiger partial charge in [0.1, 0.15) is 0 Å². The molecule has 1 N–H and O–H groups in total. The predicted octanol–water partition coefficient (Wildman–Crippen LogP) is 1.89. The zero-order valence-corrected chi connectivity index (χ0v) is 10.2. The van der Waals surface area contributed by atoms with Crippen molar-refractivity contribution in [3.05, 3.63) is 69.6 Å². The minimum atomic E-state index is -1.01. The Hall–Kier alpha value is -2.36. The monoisotopic (exact) mass is 255 g/mol. The Morgan fingerprint density at radius 1 is 1.26 bits per heavy atom. The van der Waals surface area contributed by atoms with Gasteiger partial charge in [-0.1, -0.05) is 24.3 Å². The van der Waals surface area contributed by atoms with Crippen LogP contribution in [0, 0.1) is 0 Å². The molecule has 1 aliphatic carbocycles. The normalized spacial score (nSPS) is 16.5. The fraction of sp³-hybridized carbons (Fsp3) is 0.200. The van der Waals surface area contributed by atoms with Gasteiger partial charge in [0, 0.05) is 24.7 Å². The maximum absolute atomic E-state index is 11.8. The molecule has 3 rings (SSSR count). The van der Waals surface area contributed by atoms with Crippen LogP contribution in [0.15, 0.2) is 47.4 Å². The van der Waals surface area contributed by atoms with Crippen LogP contribution >= 0.6 is 0 Å². The predicted molar refractivity (Wildman–Crippen MR) is 70.5 cm³/mol. The number of carboxylic acids is 1. The Balaban J connectivity index is 1.87. The van der Waals surface area contributed by atoms with E-state index < -0.39 is 5.97 Å². The van der Waals surface area contributed by atoms with Crippen molar-refractivity contribution >= 4 is 5.97 Å². The van der Waals surface area contributed by atoms with Crippen LogP contribution in [0.3, 0.4) is 0 Å². The van der Waals surface area contributed by atoms with Crippen molar-refractivity contribution in [2.45, 2.75) is 18.9 Å². The zero-order valence-electron chi connectivity index (χ0n) is 10.2. The van der Waals surface area contributed by atoms with E-state index in [1.54, 1.807) is 0 Å². The molecule has 1 atom stereocenters. The zero-order chi connectivity index (χ0) is 13.4. The summed E-state index contributed by atoms with van der Waals surface area (Å²) in [7, 11) is 0. The summed E-state index contributed by atoms with van der Waals surface area (Å²) in [5, 5.41) is 8.95. The summed E-state index contributed by atoms with van der Waals surface area (Å²) < 4.78 is 1.49. The number of carbonyl (C=O) groups is 1. The molecule has 4 heteroatoms. The molecule has 96 valence electrons. The largest absolute Gasteiger partial charge is 0.478 e. The molecule has 1 aromatic heterocycles. The maximum Gasteiger partial charge on any atom is 0.337 e. The third kappa shape index (κ3) is 2.05. The van der Waals surface area contributed by atoms with Gasteiger partial charge in [-0.2, -0.15) is 0 Å². The number of hydrogen-bond donors (Lipinski definition) is 1. The molecule has 0 radical (unpaired) electrons. The van der Waals surface area contributed by atoms with E-state index in [1.165, 1.54) is 34.0 Å². The summed E-state index contributed by atoms with van der Waals surface area (Å²) in [6.45, 7) is 0.539. The molecule has 1 aliphatic rings. The SMILES string of the molecule is O=C(O)c1ccc(=O)n(CC2Cc3ccccc32)c1. The Morgan fingerprint density at radius 3 is 2.79 bits per heavy atom. The summed E-state index contributed by atoms with van der Waals surface area (Å²) in [6, 6.07) is 10.8. The van der Waals surface area contributed by atoms with Gasteiger partial charge >= 0.3 is 5.97 Å². The lowest BCUT2D eigenvalue weighted by Gasteiger charge is -2.30. The first-order valence-corrected chi connectivity index (χ1v) is 6.17. The van der Waals surface area contributed by atoms with Crippen molar-refractivity contribution in [3.63, 3.8) is 0 Å². The van der Waals surface area contributed by atoms with Gasteiger partial charge in [-0.25, -0.2) is 4.79 Å². The second-order valence-corrected chi connectivity index (χ2v) is 4.81. The molecule has 0 bridgehead atoms. The molecular weight excluding hydrogens is 242 g/mol. The first-order valence-electron chi connectivity index (χ1n) is 6.17. The van der Waals surface area contributed by atoms with Crippen LogP contribution in [0.2, 0.25) is 0 Å². The van der Waals surface area contributed by atoms with Crippen LogP contribution in [0.5, 0.6) is 0 Å². The number of benzene rings is 1. The quantitative estimate of drug-likeness (QED) is 0.911.